The van der Waals surface area contributed by atoms with Crippen LogP contribution in [0.25, 0.3) is 0 Å². The summed E-state index contributed by atoms with van der Waals surface area (Å²) in [6, 6.07) is 0.111. The number of likely N-dealkylation sites (N-methyl/N-ethyl adjacent to an activating group) is 1. The van der Waals surface area contributed by atoms with Gasteiger partial charge in [0.15, 0.2) is 0 Å². The van der Waals surface area contributed by atoms with Crippen LogP contribution in [0.4, 0.5) is 0 Å². The molecule has 1 aromatic heterocycles. The Labute approximate surface area is 123 Å². The molecule has 0 aliphatic rings. The fourth-order valence-electron chi connectivity index (χ4n) is 2.03. The van der Waals surface area contributed by atoms with Crippen molar-refractivity contribution in [3.05, 3.63) is 16.4 Å². The van der Waals surface area contributed by atoms with E-state index in [1.807, 2.05) is 13.8 Å². The van der Waals surface area contributed by atoms with E-state index < -0.39 is 0 Å². The number of carbonyl (C=O) groups excluding carboxylic acids is 1. The molecule has 1 amide bonds. The van der Waals surface area contributed by atoms with Gasteiger partial charge < -0.3 is 10.2 Å². The third kappa shape index (κ3) is 4.31. The molecule has 0 radical (unpaired) electrons. The first-order valence-corrected chi connectivity index (χ1v) is 7.57. The van der Waals surface area contributed by atoms with Gasteiger partial charge in [-0.2, -0.15) is 5.10 Å². The van der Waals surface area contributed by atoms with Crippen LogP contribution >= 0.6 is 15.9 Å². The summed E-state index contributed by atoms with van der Waals surface area (Å²) < 4.78 is 2.44. The average molecular weight is 331 g/mol. The van der Waals surface area contributed by atoms with Crippen LogP contribution < -0.4 is 5.32 Å². The highest BCUT2D eigenvalue weighted by molar-refractivity contribution is 9.10. The van der Waals surface area contributed by atoms with E-state index in [1.54, 1.807) is 10.9 Å². The van der Waals surface area contributed by atoms with Gasteiger partial charge in [0.2, 0.25) is 0 Å². The zero-order chi connectivity index (χ0) is 14.4. The van der Waals surface area contributed by atoms with E-state index in [-0.39, 0.29) is 11.9 Å². The largest absolute Gasteiger partial charge is 0.347 e. The second-order valence-electron chi connectivity index (χ2n) is 4.52. The van der Waals surface area contributed by atoms with E-state index >= 15 is 0 Å². The van der Waals surface area contributed by atoms with Gasteiger partial charge in [-0.25, -0.2) is 0 Å². The van der Waals surface area contributed by atoms with Gasteiger partial charge in [0.1, 0.15) is 5.69 Å². The summed E-state index contributed by atoms with van der Waals surface area (Å²) in [6.07, 6.45) is 1.66. The van der Waals surface area contributed by atoms with E-state index in [0.29, 0.717) is 12.2 Å². The molecule has 0 aliphatic carbocycles. The molecule has 6 heteroatoms. The molecule has 0 spiro atoms. The fourth-order valence-corrected chi connectivity index (χ4v) is 2.51. The highest BCUT2D eigenvalue weighted by Gasteiger charge is 2.18. The van der Waals surface area contributed by atoms with E-state index in [0.717, 1.165) is 24.1 Å². The normalized spacial score (nSPS) is 12.7. The van der Waals surface area contributed by atoms with Crippen molar-refractivity contribution in [1.29, 1.82) is 0 Å². The smallest absolute Gasteiger partial charge is 0.270 e. The maximum absolute atomic E-state index is 12.3. The van der Waals surface area contributed by atoms with Gasteiger partial charge in [-0.05, 0) is 42.9 Å². The Morgan fingerprint density at radius 3 is 2.63 bits per heavy atom. The number of aryl methyl sites for hydroxylation is 1. The first kappa shape index (κ1) is 16.2. The Kier molecular flexibility index (Phi) is 6.51. The van der Waals surface area contributed by atoms with E-state index in [1.165, 1.54) is 0 Å². The molecule has 0 saturated heterocycles. The molecule has 0 fully saturated rings. The molecule has 1 rings (SSSR count). The molecule has 0 bridgehead atoms. The van der Waals surface area contributed by atoms with Gasteiger partial charge in [-0.1, -0.05) is 13.8 Å². The van der Waals surface area contributed by atoms with Crippen LogP contribution in [-0.2, 0) is 6.54 Å². The van der Waals surface area contributed by atoms with Crippen molar-refractivity contribution in [3.8, 4) is 0 Å². The van der Waals surface area contributed by atoms with Crippen LogP contribution in [-0.4, -0.2) is 46.3 Å². The van der Waals surface area contributed by atoms with Crippen LogP contribution in [0.1, 0.15) is 38.2 Å². The Hall–Kier alpha value is -0.880. The molecule has 0 saturated carbocycles. The molecule has 0 aromatic carbocycles. The number of amides is 1. The number of nitrogens with zero attached hydrogens (tertiary/aromatic N) is 3. The maximum atomic E-state index is 12.3. The summed E-state index contributed by atoms with van der Waals surface area (Å²) in [5.41, 5.74) is 0.592. The summed E-state index contributed by atoms with van der Waals surface area (Å²) in [5.74, 6) is -0.0779. The maximum Gasteiger partial charge on any atom is 0.270 e. The molecule has 5 nitrogen and oxygen atoms in total. The highest BCUT2D eigenvalue weighted by Crippen LogP contribution is 2.15. The van der Waals surface area contributed by atoms with Crippen LogP contribution in [0.2, 0.25) is 0 Å². The summed E-state index contributed by atoms with van der Waals surface area (Å²) in [5, 5.41) is 7.18. The second-order valence-corrected chi connectivity index (χ2v) is 5.37. The van der Waals surface area contributed by atoms with Crippen LogP contribution in [0.3, 0.4) is 0 Å². The minimum atomic E-state index is -0.0779. The lowest BCUT2D eigenvalue weighted by molar-refractivity contribution is 0.0918. The topological polar surface area (TPSA) is 50.2 Å². The summed E-state index contributed by atoms with van der Waals surface area (Å²) >= 11 is 3.37. The summed E-state index contributed by atoms with van der Waals surface area (Å²) in [4.78, 5) is 14.5. The van der Waals surface area contributed by atoms with Crippen molar-refractivity contribution < 1.29 is 4.79 Å². The number of halogens is 1. The van der Waals surface area contributed by atoms with Crippen molar-refractivity contribution in [3.63, 3.8) is 0 Å². The third-order valence-electron chi connectivity index (χ3n) is 3.11. The number of hydrogen-bond donors (Lipinski definition) is 1. The highest BCUT2D eigenvalue weighted by atomic mass is 79.9. The Morgan fingerprint density at radius 1 is 1.47 bits per heavy atom. The van der Waals surface area contributed by atoms with Gasteiger partial charge in [-0.15, -0.1) is 0 Å². The molecule has 0 aliphatic heterocycles. The van der Waals surface area contributed by atoms with Gasteiger partial charge >= 0.3 is 0 Å². The SMILES string of the molecule is CCN(CC)C[C@@H](C)NC(=O)c1c(Br)cnn1CC. The number of hydrogen-bond acceptors (Lipinski definition) is 3. The number of aromatic nitrogens is 2. The lowest BCUT2D eigenvalue weighted by Gasteiger charge is -2.23. The molecule has 1 N–H and O–H groups in total. The Bertz CT molecular complexity index is 415. The monoisotopic (exact) mass is 330 g/mol. The van der Waals surface area contributed by atoms with Crippen molar-refractivity contribution >= 4 is 21.8 Å². The quantitative estimate of drug-likeness (QED) is 0.833. The summed E-state index contributed by atoms with van der Waals surface area (Å²) in [7, 11) is 0. The van der Waals surface area contributed by atoms with Crippen molar-refractivity contribution in [2.75, 3.05) is 19.6 Å². The van der Waals surface area contributed by atoms with Gasteiger partial charge in [0.25, 0.3) is 5.91 Å². The van der Waals surface area contributed by atoms with Crippen LogP contribution in [0, 0.1) is 0 Å². The fraction of sp³-hybridized carbons (Fsp3) is 0.692. The van der Waals surface area contributed by atoms with E-state index in [2.05, 4.69) is 45.1 Å². The minimum Gasteiger partial charge on any atom is -0.347 e. The summed E-state index contributed by atoms with van der Waals surface area (Å²) in [6.45, 7) is 11.8. The standard InChI is InChI=1S/C13H23BrN4O/c1-5-17(6-2)9-10(4)16-13(19)12-11(14)8-15-18(12)7-3/h8,10H,5-7,9H2,1-4H3,(H,16,19)/t10-/m1/s1. The van der Waals surface area contributed by atoms with Gasteiger partial charge in [-0.3, -0.25) is 9.48 Å². The predicted octanol–water partition coefficient (Wildman–Crippen LogP) is 2.13. The molecule has 108 valence electrons. The Balaban J connectivity index is 2.66. The number of nitrogens with one attached hydrogen (secondary N) is 1. The molecule has 0 unspecified atom stereocenters. The minimum absolute atomic E-state index is 0.0779. The molecule has 1 aromatic rings. The lowest BCUT2D eigenvalue weighted by atomic mass is 10.2. The zero-order valence-electron chi connectivity index (χ0n) is 12.1. The molecular formula is C13H23BrN4O. The van der Waals surface area contributed by atoms with Gasteiger partial charge in [0, 0.05) is 19.1 Å². The first-order chi connectivity index (χ1) is 9.03. The van der Waals surface area contributed by atoms with Crippen LogP contribution in [0.15, 0.2) is 10.7 Å². The average Bonchev–Trinajstić information content (AvgIpc) is 2.76. The number of carbonyl (C=O) groups is 1. The van der Waals surface area contributed by atoms with Crippen molar-refractivity contribution in [1.82, 2.24) is 20.0 Å². The van der Waals surface area contributed by atoms with Crippen molar-refractivity contribution in [2.45, 2.75) is 40.3 Å². The van der Waals surface area contributed by atoms with E-state index in [4.69, 9.17) is 0 Å². The molecule has 1 heterocycles. The molecule has 19 heavy (non-hydrogen) atoms. The molecule has 1 atom stereocenters. The number of rotatable bonds is 7. The Morgan fingerprint density at radius 2 is 2.11 bits per heavy atom. The zero-order valence-corrected chi connectivity index (χ0v) is 13.7. The van der Waals surface area contributed by atoms with Crippen LogP contribution in [0.5, 0.6) is 0 Å². The lowest BCUT2D eigenvalue weighted by Crippen LogP contribution is -2.42. The van der Waals surface area contributed by atoms with Crippen molar-refractivity contribution in [2.24, 2.45) is 0 Å². The predicted molar refractivity (Wildman–Crippen MR) is 80.3 cm³/mol. The molecular weight excluding hydrogens is 308 g/mol. The first-order valence-electron chi connectivity index (χ1n) is 6.77. The third-order valence-corrected chi connectivity index (χ3v) is 3.69. The van der Waals surface area contributed by atoms with Gasteiger partial charge in [0.05, 0.1) is 10.7 Å². The second kappa shape index (κ2) is 7.65. The van der Waals surface area contributed by atoms with E-state index in [9.17, 15) is 4.79 Å².